The smallest absolute Gasteiger partial charge is 0.282 e. The van der Waals surface area contributed by atoms with E-state index < -0.39 is 0 Å². The van der Waals surface area contributed by atoms with Crippen molar-refractivity contribution in [3.05, 3.63) is 23.3 Å². The first kappa shape index (κ1) is 22.6. The monoisotopic (exact) mass is 396 g/mol. The molecule has 1 rings (SSSR count). The average Bonchev–Trinajstić information content (AvgIpc) is 2.52. The molecule has 1 N–H and O–H groups in total. The van der Waals surface area contributed by atoms with Gasteiger partial charge in [0.25, 0.3) is 5.91 Å². The predicted octanol–water partition coefficient (Wildman–Crippen LogP) is 3.51. The molecule has 1 aromatic carbocycles. The number of carbonyl (C=O) groups excluding carboxylic acids is 1. The Morgan fingerprint density at radius 2 is 1.57 bits per heavy atom. The van der Waals surface area contributed by atoms with E-state index in [2.05, 4.69) is 26.1 Å². The Bertz CT molecular complexity index is 496. The summed E-state index contributed by atoms with van der Waals surface area (Å²) >= 11 is 0. The van der Waals surface area contributed by atoms with E-state index in [-0.39, 0.29) is 44.7 Å². The van der Waals surface area contributed by atoms with Crippen molar-refractivity contribution in [1.29, 1.82) is 0 Å². The Morgan fingerprint density at radius 3 is 1.91 bits per heavy atom. The Balaban J connectivity index is 0.00000484. The van der Waals surface area contributed by atoms with Gasteiger partial charge < -0.3 is 14.5 Å². The number of quaternary nitrogens is 1. The summed E-state index contributed by atoms with van der Waals surface area (Å²) in [4.78, 5) is 12.7. The minimum Gasteiger partial charge on any atom is -0.497 e. The molecule has 0 aliphatic rings. The van der Waals surface area contributed by atoms with Gasteiger partial charge in [0.05, 0.1) is 26.7 Å². The van der Waals surface area contributed by atoms with E-state index in [1.54, 1.807) is 7.11 Å². The van der Waals surface area contributed by atoms with E-state index >= 15 is 0 Å². The molecule has 0 bridgehead atoms. The molecule has 1 atom stereocenters. The molecular formula is C18H31N2O2Y+. The van der Waals surface area contributed by atoms with Gasteiger partial charge in [-0.05, 0) is 64.8 Å². The number of nitrogens with zero attached hydrogens (tertiary/aromatic N) is 1. The van der Waals surface area contributed by atoms with Gasteiger partial charge in [-0.1, -0.05) is 0 Å². The van der Waals surface area contributed by atoms with Gasteiger partial charge in [-0.2, -0.15) is 0 Å². The fraction of sp³-hybridized carbons (Fsp3) is 0.611. The third-order valence-corrected chi connectivity index (χ3v) is 5.08. The van der Waals surface area contributed by atoms with Crippen molar-refractivity contribution in [2.24, 2.45) is 0 Å². The van der Waals surface area contributed by atoms with Crippen molar-refractivity contribution in [2.75, 3.05) is 32.1 Å². The van der Waals surface area contributed by atoms with Crippen LogP contribution in [-0.4, -0.2) is 43.2 Å². The molecule has 1 radical (unpaired) electrons. The predicted molar refractivity (Wildman–Crippen MR) is 92.4 cm³/mol. The maximum Gasteiger partial charge on any atom is 0.282 e. The number of ether oxygens (including phenoxy) is 1. The summed E-state index contributed by atoms with van der Waals surface area (Å²) in [5.74, 6) is 0.906. The van der Waals surface area contributed by atoms with E-state index in [1.165, 1.54) is 0 Å². The molecule has 127 valence electrons. The van der Waals surface area contributed by atoms with Crippen molar-refractivity contribution in [1.82, 2.24) is 0 Å². The van der Waals surface area contributed by atoms with Gasteiger partial charge in [-0.25, -0.2) is 0 Å². The quantitative estimate of drug-likeness (QED) is 0.717. The van der Waals surface area contributed by atoms with Crippen molar-refractivity contribution < 1.29 is 46.7 Å². The van der Waals surface area contributed by atoms with E-state index in [0.29, 0.717) is 0 Å². The van der Waals surface area contributed by atoms with E-state index in [4.69, 9.17) is 4.74 Å². The second-order valence-corrected chi connectivity index (χ2v) is 5.97. The Hall–Kier alpha value is -0.446. The summed E-state index contributed by atoms with van der Waals surface area (Å²) in [5, 5.41) is 3.13. The second kappa shape index (κ2) is 9.75. The van der Waals surface area contributed by atoms with Crippen LogP contribution < -0.4 is 10.1 Å². The van der Waals surface area contributed by atoms with E-state index in [0.717, 1.165) is 46.7 Å². The van der Waals surface area contributed by atoms with Gasteiger partial charge in [0, 0.05) is 38.4 Å². The Morgan fingerprint density at radius 1 is 1.13 bits per heavy atom. The molecule has 0 fully saturated rings. The number of methoxy groups -OCH3 is 1. The van der Waals surface area contributed by atoms with Gasteiger partial charge in [-0.15, -0.1) is 0 Å². The second-order valence-electron chi connectivity index (χ2n) is 5.97. The number of rotatable bonds is 7. The standard InChI is InChI=1S/C18H30N2O2.Y/c1-8-20(9-2,10-3)15(6)18(21)19-17-13(4)11-16(22-7)12-14(17)5;/h11-12,15H,8-10H2,1-7H3;/p+1. The van der Waals surface area contributed by atoms with Gasteiger partial charge in [0.15, 0.2) is 6.04 Å². The fourth-order valence-corrected chi connectivity index (χ4v) is 3.21. The van der Waals surface area contributed by atoms with Crippen LogP contribution in [0, 0.1) is 13.8 Å². The molecule has 0 spiro atoms. The zero-order valence-electron chi connectivity index (χ0n) is 15.7. The number of anilines is 1. The zero-order chi connectivity index (χ0) is 16.9. The molecule has 0 saturated carbocycles. The average molecular weight is 396 g/mol. The maximum atomic E-state index is 12.7. The van der Waals surface area contributed by atoms with Crippen LogP contribution >= 0.6 is 0 Å². The third-order valence-electron chi connectivity index (χ3n) is 5.08. The minimum atomic E-state index is -0.0686. The number of hydrogen-bond acceptors (Lipinski definition) is 2. The number of aryl methyl sites for hydroxylation is 2. The Labute approximate surface area is 166 Å². The van der Waals surface area contributed by atoms with Crippen LogP contribution in [0.2, 0.25) is 0 Å². The fourth-order valence-electron chi connectivity index (χ4n) is 3.21. The van der Waals surface area contributed by atoms with Crippen LogP contribution in [-0.2, 0) is 37.5 Å². The molecule has 1 aromatic rings. The van der Waals surface area contributed by atoms with Crippen molar-refractivity contribution >= 4 is 11.6 Å². The van der Waals surface area contributed by atoms with E-state index in [9.17, 15) is 4.79 Å². The third kappa shape index (κ3) is 5.01. The van der Waals surface area contributed by atoms with Crippen LogP contribution in [0.1, 0.15) is 38.8 Å². The summed E-state index contributed by atoms with van der Waals surface area (Å²) in [7, 11) is 1.66. The number of hydrogen-bond donors (Lipinski definition) is 1. The van der Waals surface area contributed by atoms with Gasteiger partial charge >= 0.3 is 0 Å². The molecule has 1 unspecified atom stereocenters. The van der Waals surface area contributed by atoms with Crippen LogP contribution in [0.5, 0.6) is 5.75 Å². The molecule has 0 aliphatic heterocycles. The van der Waals surface area contributed by atoms with E-state index in [1.807, 2.05) is 32.9 Å². The topological polar surface area (TPSA) is 38.3 Å². The molecular weight excluding hydrogens is 365 g/mol. The van der Waals surface area contributed by atoms with Crippen LogP contribution in [0.15, 0.2) is 12.1 Å². The molecule has 1 amide bonds. The summed E-state index contributed by atoms with van der Waals surface area (Å²) in [6, 6.07) is 3.84. The number of nitrogens with one attached hydrogen (secondary N) is 1. The summed E-state index contributed by atoms with van der Waals surface area (Å²) in [6.45, 7) is 15.4. The van der Waals surface area contributed by atoms with Crippen molar-refractivity contribution in [3.8, 4) is 5.75 Å². The Kier molecular flexibility index (Phi) is 9.56. The largest absolute Gasteiger partial charge is 0.497 e. The first-order chi connectivity index (χ1) is 10.3. The number of amides is 1. The maximum absolute atomic E-state index is 12.7. The normalized spacial score (nSPS) is 12.3. The SMILES string of the molecule is CC[N+](CC)(CC)C(C)C(=O)Nc1c(C)cc(OC)cc1C.[Y]. The molecule has 5 heteroatoms. The zero-order valence-corrected chi connectivity index (χ0v) is 18.5. The van der Waals surface area contributed by atoms with Gasteiger partial charge in [-0.3, -0.25) is 4.79 Å². The van der Waals surface area contributed by atoms with Gasteiger partial charge in [0.2, 0.25) is 0 Å². The number of likely N-dealkylation sites (N-methyl/N-ethyl adjacent to an activating group) is 1. The van der Waals surface area contributed by atoms with Crippen LogP contribution in [0.3, 0.4) is 0 Å². The summed E-state index contributed by atoms with van der Waals surface area (Å²) < 4.78 is 6.08. The number of carbonyl (C=O) groups is 1. The van der Waals surface area contributed by atoms with Crippen LogP contribution in [0.25, 0.3) is 0 Å². The van der Waals surface area contributed by atoms with Crippen molar-refractivity contribution in [3.63, 3.8) is 0 Å². The molecule has 4 nitrogen and oxygen atoms in total. The molecule has 0 saturated heterocycles. The number of benzene rings is 1. The minimum absolute atomic E-state index is 0. The van der Waals surface area contributed by atoms with Crippen LogP contribution in [0.4, 0.5) is 5.69 Å². The van der Waals surface area contributed by atoms with Gasteiger partial charge in [0.1, 0.15) is 5.75 Å². The molecule has 0 aromatic heterocycles. The molecule has 0 aliphatic carbocycles. The summed E-state index contributed by atoms with van der Waals surface area (Å²) in [6.07, 6.45) is 0. The van der Waals surface area contributed by atoms with Crippen molar-refractivity contribution in [2.45, 2.75) is 47.6 Å². The first-order valence-corrected chi connectivity index (χ1v) is 8.17. The molecule has 0 heterocycles. The molecule has 23 heavy (non-hydrogen) atoms. The summed E-state index contributed by atoms with van der Waals surface area (Å²) in [5.41, 5.74) is 2.96. The first-order valence-electron chi connectivity index (χ1n) is 8.17.